The van der Waals surface area contributed by atoms with Gasteiger partial charge in [0.25, 0.3) is 5.88 Å². The maximum atomic E-state index is 10.8. The second kappa shape index (κ2) is 6.48. The third kappa shape index (κ3) is 3.28. The van der Waals surface area contributed by atoms with Crippen molar-refractivity contribution in [2.45, 2.75) is 18.6 Å². The van der Waals surface area contributed by atoms with E-state index >= 15 is 0 Å². The highest BCUT2D eigenvalue weighted by molar-refractivity contribution is 6.17. The molecule has 1 rings (SSSR count). The van der Waals surface area contributed by atoms with Crippen molar-refractivity contribution < 1.29 is 19.9 Å². The van der Waals surface area contributed by atoms with Gasteiger partial charge >= 0.3 is 5.69 Å². The van der Waals surface area contributed by atoms with Crippen molar-refractivity contribution in [3.05, 3.63) is 27.9 Å². The molecule has 0 aliphatic heterocycles. The highest BCUT2D eigenvalue weighted by Crippen LogP contribution is 2.28. The Kier molecular flexibility index (Phi) is 5.26. The summed E-state index contributed by atoms with van der Waals surface area (Å²) >= 11 is 5.44. The molecule has 8 heteroatoms. The molecule has 100 valence electrons. The molecule has 0 saturated heterocycles. The van der Waals surface area contributed by atoms with Gasteiger partial charge in [0, 0.05) is 23.7 Å². The van der Waals surface area contributed by atoms with Crippen LogP contribution in [0.5, 0.6) is 5.88 Å². The Morgan fingerprint density at radius 1 is 1.61 bits per heavy atom. The molecule has 2 atom stereocenters. The summed E-state index contributed by atoms with van der Waals surface area (Å²) in [6.45, 7) is 0. The van der Waals surface area contributed by atoms with Crippen LogP contribution in [-0.2, 0) is 0 Å². The number of alkyl halides is 1. The van der Waals surface area contributed by atoms with Crippen molar-refractivity contribution >= 4 is 17.3 Å². The topological polar surface area (TPSA) is 106 Å². The molecule has 0 amide bonds. The van der Waals surface area contributed by atoms with Crippen LogP contribution in [0.25, 0.3) is 0 Å². The van der Waals surface area contributed by atoms with E-state index in [0.717, 1.165) is 6.07 Å². The monoisotopic (exact) mass is 276 g/mol. The fourth-order valence-electron chi connectivity index (χ4n) is 1.40. The number of nitrogens with zero attached hydrogens (tertiary/aromatic N) is 2. The van der Waals surface area contributed by atoms with E-state index in [1.54, 1.807) is 0 Å². The predicted molar refractivity (Wildman–Crippen MR) is 63.7 cm³/mol. The summed E-state index contributed by atoms with van der Waals surface area (Å²) in [6, 6.07) is 1.12. The standard InChI is InChI=1S/C10H13ClN2O5/c1-18-10-7(13(16)17)4-6(5-12-10)9(15)8(14)2-3-11/h4-5,8-9,14-15H,2-3H2,1H3. The van der Waals surface area contributed by atoms with Gasteiger partial charge in [0.2, 0.25) is 0 Å². The van der Waals surface area contributed by atoms with Crippen LogP contribution in [0.3, 0.4) is 0 Å². The molecule has 0 radical (unpaired) electrons. The molecular formula is C10H13ClN2O5. The molecule has 7 nitrogen and oxygen atoms in total. The van der Waals surface area contributed by atoms with Gasteiger partial charge in [-0.15, -0.1) is 11.6 Å². The average molecular weight is 277 g/mol. The van der Waals surface area contributed by atoms with Gasteiger partial charge in [-0.3, -0.25) is 10.1 Å². The largest absolute Gasteiger partial charge is 0.476 e. The van der Waals surface area contributed by atoms with Gasteiger partial charge in [-0.25, -0.2) is 4.98 Å². The molecule has 2 unspecified atom stereocenters. The lowest BCUT2D eigenvalue weighted by atomic mass is 10.0. The van der Waals surface area contributed by atoms with Crippen LogP contribution in [0.2, 0.25) is 0 Å². The Bertz CT molecular complexity index is 429. The van der Waals surface area contributed by atoms with Crippen molar-refractivity contribution in [3.63, 3.8) is 0 Å². The summed E-state index contributed by atoms with van der Waals surface area (Å²) in [6.07, 6.45) is -0.991. The fraction of sp³-hybridized carbons (Fsp3) is 0.500. The van der Waals surface area contributed by atoms with Crippen LogP contribution in [0.4, 0.5) is 5.69 Å². The van der Waals surface area contributed by atoms with Crippen LogP contribution < -0.4 is 4.74 Å². The first-order valence-electron chi connectivity index (χ1n) is 5.11. The first-order valence-corrected chi connectivity index (χ1v) is 5.65. The van der Waals surface area contributed by atoms with Crippen molar-refractivity contribution in [1.29, 1.82) is 0 Å². The third-order valence-corrected chi connectivity index (χ3v) is 2.57. The molecule has 18 heavy (non-hydrogen) atoms. The maximum Gasteiger partial charge on any atom is 0.331 e. The maximum absolute atomic E-state index is 10.8. The van der Waals surface area contributed by atoms with Gasteiger partial charge in [0.1, 0.15) is 6.10 Å². The number of hydrogen-bond acceptors (Lipinski definition) is 6. The van der Waals surface area contributed by atoms with Crippen LogP contribution in [0, 0.1) is 10.1 Å². The third-order valence-electron chi connectivity index (χ3n) is 2.35. The molecule has 0 aliphatic carbocycles. The summed E-state index contributed by atoms with van der Waals surface area (Å²) in [5.74, 6) is 0.0203. The van der Waals surface area contributed by atoms with E-state index in [4.69, 9.17) is 16.3 Å². The van der Waals surface area contributed by atoms with E-state index in [1.807, 2.05) is 0 Å². The molecule has 0 aromatic carbocycles. The van der Waals surface area contributed by atoms with Crippen LogP contribution >= 0.6 is 11.6 Å². The summed E-state index contributed by atoms with van der Waals surface area (Å²) in [7, 11) is 1.26. The average Bonchev–Trinajstić information content (AvgIpc) is 2.37. The number of aromatic nitrogens is 1. The van der Waals surface area contributed by atoms with E-state index in [-0.39, 0.29) is 29.4 Å². The summed E-state index contributed by atoms with van der Waals surface area (Å²) in [5.41, 5.74) is -0.229. The predicted octanol–water partition coefficient (Wildman–Crippen LogP) is 1.02. The first kappa shape index (κ1) is 14.6. The zero-order valence-electron chi connectivity index (χ0n) is 9.62. The molecule has 0 spiro atoms. The minimum Gasteiger partial charge on any atom is -0.476 e. The van der Waals surface area contributed by atoms with Gasteiger partial charge in [0.05, 0.1) is 18.1 Å². The highest BCUT2D eigenvalue weighted by Gasteiger charge is 2.23. The Balaban J connectivity index is 3.04. The van der Waals surface area contributed by atoms with Crippen LogP contribution in [-0.4, -0.2) is 39.2 Å². The fourth-order valence-corrected chi connectivity index (χ4v) is 1.62. The highest BCUT2D eigenvalue weighted by atomic mass is 35.5. The summed E-state index contributed by atoms with van der Waals surface area (Å²) in [5, 5.41) is 30.1. The Hall–Kier alpha value is -1.44. The molecule has 0 fully saturated rings. The van der Waals surface area contributed by atoms with Crippen molar-refractivity contribution in [2.75, 3.05) is 13.0 Å². The van der Waals surface area contributed by atoms with Crippen LogP contribution in [0.1, 0.15) is 18.1 Å². The number of ether oxygens (including phenoxy) is 1. The molecule has 0 aliphatic rings. The number of halogens is 1. The lowest BCUT2D eigenvalue weighted by molar-refractivity contribution is -0.386. The van der Waals surface area contributed by atoms with Gasteiger partial charge in [-0.05, 0) is 6.42 Å². The smallest absolute Gasteiger partial charge is 0.331 e. The number of aliphatic hydroxyl groups excluding tert-OH is 2. The quantitative estimate of drug-likeness (QED) is 0.456. The molecule has 0 saturated carbocycles. The number of hydrogen-bond donors (Lipinski definition) is 2. The zero-order valence-corrected chi connectivity index (χ0v) is 10.4. The van der Waals surface area contributed by atoms with E-state index in [1.165, 1.54) is 13.3 Å². The zero-order chi connectivity index (χ0) is 13.7. The van der Waals surface area contributed by atoms with Gasteiger partial charge in [-0.2, -0.15) is 0 Å². The van der Waals surface area contributed by atoms with Gasteiger partial charge < -0.3 is 14.9 Å². The van der Waals surface area contributed by atoms with E-state index in [2.05, 4.69) is 4.98 Å². The first-order chi connectivity index (χ1) is 8.51. The van der Waals surface area contributed by atoms with E-state index < -0.39 is 17.1 Å². The Morgan fingerprint density at radius 2 is 2.28 bits per heavy atom. The second-order valence-electron chi connectivity index (χ2n) is 3.54. The number of rotatable bonds is 6. The lowest BCUT2D eigenvalue weighted by Gasteiger charge is -2.16. The minimum atomic E-state index is -1.28. The molecule has 0 bridgehead atoms. The van der Waals surface area contributed by atoms with E-state index in [0.29, 0.717) is 0 Å². The molecule has 1 aromatic rings. The SMILES string of the molecule is COc1ncc(C(O)C(O)CCCl)cc1[N+](=O)[O-]. The van der Waals surface area contributed by atoms with Gasteiger partial charge in [-0.1, -0.05) is 0 Å². The van der Waals surface area contributed by atoms with E-state index in [9.17, 15) is 20.3 Å². The Labute approximate surface area is 108 Å². The van der Waals surface area contributed by atoms with Gasteiger partial charge in [0.15, 0.2) is 0 Å². The minimum absolute atomic E-state index is 0.139. The molecule has 2 N–H and O–H groups in total. The molecular weight excluding hydrogens is 264 g/mol. The number of pyridine rings is 1. The number of methoxy groups -OCH3 is 1. The lowest BCUT2D eigenvalue weighted by Crippen LogP contribution is -2.19. The molecule has 1 aromatic heterocycles. The molecule has 1 heterocycles. The van der Waals surface area contributed by atoms with Crippen molar-refractivity contribution in [3.8, 4) is 5.88 Å². The normalized spacial score (nSPS) is 14.0. The van der Waals surface area contributed by atoms with Crippen LogP contribution in [0.15, 0.2) is 12.3 Å². The number of aliphatic hydroxyl groups is 2. The van der Waals surface area contributed by atoms with Crippen molar-refractivity contribution in [1.82, 2.24) is 4.98 Å². The summed E-state index contributed by atoms with van der Waals surface area (Å²) in [4.78, 5) is 13.8. The second-order valence-corrected chi connectivity index (χ2v) is 3.92. The van der Waals surface area contributed by atoms with Crippen molar-refractivity contribution in [2.24, 2.45) is 0 Å². The Morgan fingerprint density at radius 3 is 2.78 bits per heavy atom. The summed E-state index contributed by atoms with van der Waals surface area (Å²) < 4.78 is 4.73. The number of nitro groups is 1.